The number of amides is 2. The molecular formula is C19H20F3N3O2. The largest absolute Gasteiger partial charge is 0.416 e. The third-order valence-corrected chi connectivity index (χ3v) is 3.86. The number of hydrogen-bond acceptors (Lipinski definition) is 3. The maximum absolute atomic E-state index is 12.8. The van der Waals surface area contributed by atoms with Gasteiger partial charge in [-0.25, -0.2) is 0 Å². The van der Waals surface area contributed by atoms with Crippen LogP contribution >= 0.6 is 0 Å². The molecular weight excluding hydrogens is 359 g/mol. The summed E-state index contributed by atoms with van der Waals surface area (Å²) in [5.41, 5.74) is 5.49. The van der Waals surface area contributed by atoms with E-state index in [1.165, 1.54) is 18.2 Å². The third-order valence-electron chi connectivity index (χ3n) is 3.86. The lowest BCUT2D eigenvalue weighted by Gasteiger charge is -2.16. The van der Waals surface area contributed by atoms with Gasteiger partial charge in [-0.15, -0.1) is 0 Å². The van der Waals surface area contributed by atoms with Crippen molar-refractivity contribution in [2.45, 2.75) is 26.1 Å². The van der Waals surface area contributed by atoms with Crippen LogP contribution in [0.4, 0.5) is 24.5 Å². The van der Waals surface area contributed by atoms with Crippen molar-refractivity contribution in [1.82, 2.24) is 0 Å². The molecule has 0 spiro atoms. The number of rotatable bonds is 5. The molecule has 0 heterocycles. The zero-order valence-corrected chi connectivity index (χ0v) is 14.8. The van der Waals surface area contributed by atoms with Crippen LogP contribution in [0.3, 0.4) is 0 Å². The van der Waals surface area contributed by atoms with Crippen molar-refractivity contribution in [3.05, 3.63) is 59.7 Å². The number of benzene rings is 2. The topological polar surface area (TPSA) is 84.2 Å². The standard InChI is InChI=1S/C19H20F3N3O2/c1-11(2)16(23)18(27)25-15-8-4-7-14(10-15)24-17(26)12-5-3-6-13(9-12)19(20,21)22/h3-11,16H,23H2,1-2H3,(H,24,26)(H,25,27)/t16-/m0/s1. The van der Waals surface area contributed by atoms with Gasteiger partial charge >= 0.3 is 6.18 Å². The Hall–Kier alpha value is -2.87. The van der Waals surface area contributed by atoms with E-state index in [2.05, 4.69) is 10.6 Å². The van der Waals surface area contributed by atoms with E-state index in [0.717, 1.165) is 12.1 Å². The van der Waals surface area contributed by atoms with Gasteiger partial charge in [0.25, 0.3) is 5.91 Å². The Kier molecular flexibility index (Phi) is 6.22. The van der Waals surface area contributed by atoms with E-state index in [-0.39, 0.29) is 17.4 Å². The number of anilines is 2. The van der Waals surface area contributed by atoms with Crippen molar-refractivity contribution in [2.24, 2.45) is 11.7 Å². The molecule has 1 atom stereocenters. The maximum Gasteiger partial charge on any atom is 0.416 e. The summed E-state index contributed by atoms with van der Waals surface area (Å²) in [6.07, 6.45) is -4.53. The van der Waals surface area contributed by atoms with Crippen molar-refractivity contribution in [3.63, 3.8) is 0 Å². The average Bonchev–Trinajstić information content (AvgIpc) is 2.60. The second-order valence-corrected chi connectivity index (χ2v) is 6.37. The molecule has 0 radical (unpaired) electrons. The molecule has 5 nitrogen and oxygen atoms in total. The maximum atomic E-state index is 12.8. The lowest BCUT2D eigenvalue weighted by molar-refractivity contribution is -0.137. The van der Waals surface area contributed by atoms with Gasteiger partial charge in [-0.2, -0.15) is 13.2 Å². The second-order valence-electron chi connectivity index (χ2n) is 6.37. The lowest BCUT2D eigenvalue weighted by Crippen LogP contribution is -2.39. The summed E-state index contributed by atoms with van der Waals surface area (Å²) in [4.78, 5) is 24.2. The van der Waals surface area contributed by atoms with Crippen LogP contribution in [0.25, 0.3) is 0 Å². The first-order chi connectivity index (χ1) is 12.6. The summed E-state index contributed by atoms with van der Waals surface area (Å²) in [7, 11) is 0. The Morgan fingerprint density at radius 2 is 1.56 bits per heavy atom. The van der Waals surface area contributed by atoms with Gasteiger partial charge in [0.1, 0.15) is 0 Å². The highest BCUT2D eigenvalue weighted by Crippen LogP contribution is 2.29. The zero-order valence-electron chi connectivity index (χ0n) is 14.8. The molecule has 144 valence electrons. The van der Waals surface area contributed by atoms with E-state index in [4.69, 9.17) is 5.73 Å². The SMILES string of the molecule is CC(C)[C@H](N)C(=O)Nc1cccc(NC(=O)c2cccc(C(F)(F)F)c2)c1. The van der Waals surface area contributed by atoms with Gasteiger partial charge in [0, 0.05) is 16.9 Å². The van der Waals surface area contributed by atoms with E-state index in [1.54, 1.807) is 18.2 Å². The number of carbonyl (C=O) groups excluding carboxylic acids is 2. The van der Waals surface area contributed by atoms with Crippen LogP contribution in [0.1, 0.15) is 29.8 Å². The molecule has 8 heteroatoms. The predicted molar refractivity (Wildman–Crippen MR) is 97.3 cm³/mol. The minimum Gasteiger partial charge on any atom is -0.325 e. The van der Waals surface area contributed by atoms with Gasteiger partial charge in [-0.05, 0) is 42.3 Å². The van der Waals surface area contributed by atoms with Gasteiger partial charge in [0.2, 0.25) is 5.91 Å². The average molecular weight is 379 g/mol. The van der Waals surface area contributed by atoms with Gasteiger partial charge in [0.15, 0.2) is 0 Å². The van der Waals surface area contributed by atoms with Crippen LogP contribution in [0.5, 0.6) is 0 Å². The fourth-order valence-corrected chi connectivity index (χ4v) is 2.24. The normalized spacial score (nSPS) is 12.6. The first-order valence-electron chi connectivity index (χ1n) is 8.23. The zero-order chi connectivity index (χ0) is 20.2. The van der Waals surface area contributed by atoms with Crippen molar-refractivity contribution < 1.29 is 22.8 Å². The first kappa shape index (κ1) is 20.4. The van der Waals surface area contributed by atoms with Crippen LogP contribution in [0, 0.1) is 5.92 Å². The van der Waals surface area contributed by atoms with Crippen LogP contribution < -0.4 is 16.4 Å². The summed E-state index contributed by atoms with van der Waals surface area (Å²) in [6, 6.07) is 9.71. The molecule has 0 aromatic heterocycles. The lowest BCUT2D eigenvalue weighted by atomic mass is 10.0. The van der Waals surface area contributed by atoms with Crippen molar-refractivity contribution in [1.29, 1.82) is 0 Å². The van der Waals surface area contributed by atoms with Crippen LogP contribution in [0.2, 0.25) is 0 Å². The summed E-state index contributed by atoms with van der Waals surface area (Å²) < 4.78 is 38.3. The van der Waals surface area contributed by atoms with Gasteiger partial charge in [-0.1, -0.05) is 26.0 Å². The Labute approximate surface area is 154 Å². The summed E-state index contributed by atoms with van der Waals surface area (Å²) in [5, 5.41) is 5.16. The molecule has 0 bridgehead atoms. The van der Waals surface area contributed by atoms with E-state index in [9.17, 15) is 22.8 Å². The molecule has 0 saturated carbocycles. The Morgan fingerprint density at radius 3 is 2.15 bits per heavy atom. The summed E-state index contributed by atoms with van der Waals surface area (Å²) >= 11 is 0. The molecule has 27 heavy (non-hydrogen) atoms. The highest BCUT2D eigenvalue weighted by atomic mass is 19.4. The molecule has 0 aliphatic rings. The molecule has 0 fully saturated rings. The molecule has 0 saturated heterocycles. The second kappa shape index (κ2) is 8.22. The number of alkyl halides is 3. The van der Waals surface area contributed by atoms with E-state index >= 15 is 0 Å². The number of halogens is 3. The fraction of sp³-hybridized carbons (Fsp3) is 0.263. The summed E-state index contributed by atoms with van der Waals surface area (Å²) in [5.74, 6) is -1.11. The molecule has 2 amide bonds. The number of hydrogen-bond donors (Lipinski definition) is 3. The monoisotopic (exact) mass is 379 g/mol. The smallest absolute Gasteiger partial charge is 0.325 e. The van der Waals surface area contributed by atoms with Crippen molar-refractivity contribution in [3.8, 4) is 0 Å². The summed E-state index contributed by atoms with van der Waals surface area (Å²) in [6.45, 7) is 3.63. The molecule has 4 N–H and O–H groups in total. The molecule has 0 aliphatic carbocycles. The highest BCUT2D eigenvalue weighted by Gasteiger charge is 2.30. The van der Waals surface area contributed by atoms with E-state index < -0.39 is 23.7 Å². The number of nitrogens with one attached hydrogen (secondary N) is 2. The molecule has 0 aliphatic heterocycles. The van der Waals surface area contributed by atoms with Crippen LogP contribution in [0.15, 0.2) is 48.5 Å². The van der Waals surface area contributed by atoms with Crippen molar-refractivity contribution >= 4 is 23.2 Å². The highest BCUT2D eigenvalue weighted by molar-refractivity contribution is 6.05. The molecule has 2 aromatic rings. The minimum absolute atomic E-state index is 0.0474. The fourth-order valence-electron chi connectivity index (χ4n) is 2.24. The van der Waals surface area contributed by atoms with Crippen molar-refractivity contribution in [2.75, 3.05) is 10.6 Å². The van der Waals surface area contributed by atoms with Gasteiger partial charge in [0.05, 0.1) is 11.6 Å². The Bertz CT molecular complexity index is 835. The van der Waals surface area contributed by atoms with Gasteiger partial charge in [-0.3, -0.25) is 9.59 Å². The molecule has 2 rings (SSSR count). The number of carbonyl (C=O) groups is 2. The van der Waals surface area contributed by atoms with Crippen LogP contribution in [-0.4, -0.2) is 17.9 Å². The molecule has 0 unspecified atom stereocenters. The predicted octanol–water partition coefficient (Wildman–Crippen LogP) is 3.88. The Morgan fingerprint density at radius 1 is 0.963 bits per heavy atom. The Balaban J connectivity index is 2.12. The molecule has 2 aromatic carbocycles. The first-order valence-corrected chi connectivity index (χ1v) is 8.23. The van der Waals surface area contributed by atoms with Crippen LogP contribution in [-0.2, 0) is 11.0 Å². The third kappa shape index (κ3) is 5.55. The quantitative estimate of drug-likeness (QED) is 0.737. The minimum atomic E-state index is -4.53. The van der Waals surface area contributed by atoms with E-state index in [1.807, 2.05) is 13.8 Å². The van der Waals surface area contributed by atoms with Gasteiger partial charge < -0.3 is 16.4 Å². The number of nitrogens with two attached hydrogens (primary N) is 1. The van der Waals surface area contributed by atoms with E-state index in [0.29, 0.717) is 11.4 Å².